The fourth-order valence-corrected chi connectivity index (χ4v) is 1.04. The van der Waals surface area contributed by atoms with Crippen molar-refractivity contribution < 1.29 is 14.2 Å². The van der Waals surface area contributed by atoms with Crippen molar-refractivity contribution >= 4 is 5.84 Å². The SMILES string of the molecule is N=C(N)c1c(F)cccc1OCCO. The van der Waals surface area contributed by atoms with Gasteiger partial charge in [0.05, 0.1) is 12.2 Å². The minimum atomic E-state index is -0.604. The predicted molar refractivity (Wildman–Crippen MR) is 50.0 cm³/mol. The summed E-state index contributed by atoms with van der Waals surface area (Å²) in [6.07, 6.45) is 0. The lowest BCUT2D eigenvalue weighted by molar-refractivity contribution is 0.200. The highest BCUT2D eigenvalue weighted by Crippen LogP contribution is 2.20. The third-order valence-corrected chi connectivity index (χ3v) is 1.59. The van der Waals surface area contributed by atoms with Crippen LogP contribution in [0, 0.1) is 11.2 Å². The van der Waals surface area contributed by atoms with Crippen molar-refractivity contribution in [1.29, 1.82) is 5.41 Å². The largest absolute Gasteiger partial charge is 0.490 e. The average Bonchev–Trinajstić information content (AvgIpc) is 2.14. The highest BCUT2D eigenvalue weighted by molar-refractivity contribution is 5.97. The molecule has 1 rings (SSSR count). The molecule has 0 spiro atoms. The maximum atomic E-state index is 13.2. The molecule has 4 nitrogen and oxygen atoms in total. The fourth-order valence-electron chi connectivity index (χ4n) is 1.04. The molecule has 0 aromatic heterocycles. The number of aliphatic hydroxyl groups excluding tert-OH is 1. The van der Waals surface area contributed by atoms with E-state index in [1.54, 1.807) is 0 Å². The smallest absolute Gasteiger partial charge is 0.137 e. The van der Waals surface area contributed by atoms with Crippen LogP contribution in [-0.4, -0.2) is 24.2 Å². The van der Waals surface area contributed by atoms with E-state index in [0.717, 1.165) is 0 Å². The number of halogens is 1. The summed E-state index contributed by atoms with van der Waals surface area (Å²) in [5.41, 5.74) is 5.12. The Hall–Kier alpha value is -1.62. The van der Waals surface area contributed by atoms with Crippen LogP contribution in [0.5, 0.6) is 5.75 Å². The number of nitrogens with two attached hydrogens (primary N) is 1. The Morgan fingerprint density at radius 1 is 1.57 bits per heavy atom. The number of benzene rings is 1. The van der Waals surface area contributed by atoms with Crippen molar-refractivity contribution in [2.24, 2.45) is 5.73 Å². The first kappa shape index (κ1) is 10.5. The molecule has 76 valence electrons. The first-order chi connectivity index (χ1) is 6.66. The molecular weight excluding hydrogens is 187 g/mol. The standard InChI is InChI=1S/C9H11FN2O2/c10-6-2-1-3-7(14-5-4-13)8(6)9(11)12/h1-3,13H,4-5H2,(H3,11,12). The van der Waals surface area contributed by atoms with Crippen LogP contribution in [0.2, 0.25) is 0 Å². The summed E-state index contributed by atoms with van der Waals surface area (Å²) in [6, 6.07) is 4.15. The molecule has 4 N–H and O–H groups in total. The molecule has 1 aromatic carbocycles. The Morgan fingerprint density at radius 2 is 2.29 bits per heavy atom. The van der Waals surface area contributed by atoms with Gasteiger partial charge in [0.25, 0.3) is 0 Å². The second-order valence-electron chi connectivity index (χ2n) is 2.60. The first-order valence-electron chi connectivity index (χ1n) is 4.03. The van der Waals surface area contributed by atoms with Gasteiger partial charge in [-0.25, -0.2) is 4.39 Å². The summed E-state index contributed by atoms with van der Waals surface area (Å²) in [5, 5.41) is 15.7. The predicted octanol–water partition coefficient (Wildman–Crippen LogP) is 0.481. The van der Waals surface area contributed by atoms with E-state index in [9.17, 15) is 4.39 Å². The van der Waals surface area contributed by atoms with Crippen molar-refractivity contribution in [3.63, 3.8) is 0 Å². The molecule has 0 bridgehead atoms. The quantitative estimate of drug-likeness (QED) is 0.486. The van der Waals surface area contributed by atoms with Gasteiger partial charge in [-0.15, -0.1) is 0 Å². The van der Waals surface area contributed by atoms with Gasteiger partial charge in [-0.3, -0.25) is 5.41 Å². The lowest BCUT2D eigenvalue weighted by Crippen LogP contribution is -2.16. The van der Waals surface area contributed by atoms with Gasteiger partial charge < -0.3 is 15.6 Å². The number of rotatable bonds is 4. The molecule has 14 heavy (non-hydrogen) atoms. The van der Waals surface area contributed by atoms with Crippen LogP contribution >= 0.6 is 0 Å². The molecule has 1 aromatic rings. The number of hydrogen-bond donors (Lipinski definition) is 3. The van der Waals surface area contributed by atoms with Crippen molar-refractivity contribution in [1.82, 2.24) is 0 Å². The topological polar surface area (TPSA) is 79.3 Å². The van der Waals surface area contributed by atoms with Gasteiger partial charge >= 0.3 is 0 Å². The zero-order valence-electron chi connectivity index (χ0n) is 7.46. The van der Waals surface area contributed by atoms with Crippen LogP contribution in [0.15, 0.2) is 18.2 Å². The minimum Gasteiger partial charge on any atom is -0.490 e. The zero-order chi connectivity index (χ0) is 10.6. The molecule has 0 saturated carbocycles. The van der Waals surface area contributed by atoms with E-state index in [1.165, 1.54) is 18.2 Å². The van der Waals surface area contributed by atoms with E-state index in [0.29, 0.717) is 0 Å². The van der Waals surface area contributed by atoms with Crippen LogP contribution in [-0.2, 0) is 0 Å². The highest BCUT2D eigenvalue weighted by atomic mass is 19.1. The van der Waals surface area contributed by atoms with Crippen molar-refractivity contribution in [2.45, 2.75) is 0 Å². The molecule has 0 radical (unpaired) electrons. The second kappa shape index (κ2) is 4.57. The number of hydrogen-bond acceptors (Lipinski definition) is 3. The van der Waals surface area contributed by atoms with Crippen molar-refractivity contribution in [3.05, 3.63) is 29.6 Å². The fraction of sp³-hybridized carbons (Fsp3) is 0.222. The number of nitrogens with one attached hydrogen (secondary N) is 1. The lowest BCUT2D eigenvalue weighted by atomic mass is 10.1. The molecule has 0 atom stereocenters. The number of ether oxygens (including phenoxy) is 1. The summed E-state index contributed by atoms with van der Waals surface area (Å²) in [6.45, 7) is -0.127. The normalized spacial score (nSPS) is 9.86. The Morgan fingerprint density at radius 3 is 2.86 bits per heavy atom. The molecule has 0 heterocycles. The van der Waals surface area contributed by atoms with Gasteiger partial charge in [-0.1, -0.05) is 6.07 Å². The molecule has 0 aliphatic heterocycles. The van der Waals surface area contributed by atoms with Gasteiger partial charge in [-0.05, 0) is 12.1 Å². The monoisotopic (exact) mass is 198 g/mol. The molecule has 0 saturated heterocycles. The molecule has 0 fully saturated rings. The molecule has 0 aliphatic carbocycles. The maximum Gasteiger partial charge on any atom is 0.137 e. The Bertz CT molecular complexity index is 342. The van der Waals surface area contributed by atoms with Crippen molar-refractivity contribution in [3.8, 4) is 5.75 Å². The Labute approximate surface area is 80.6 Å². The van der Waals surface area contributed by atoms with E-state index in [1.807, 2.05) is 0 Å². The van der Waals surface area contributed by atoms with E-state index in [-0.39, 0.29) is 24.5 Å². The van der Waals surface area contributed by atoms with Gasteiger partial charge in [0.2, 0.25) is 0 Å². The number of nitrogen functional groups attached to an aromatic ring is 1. The van der Waals surface area contributed by atoms with E-state index in [4.69, 9.17) is 21.0 Å². The first-order valence-corrected chi connectivity index (χ1v) is 4.03. The van der Waals surface area contributed by atoms with Crippen LogP contribution in [0.1, 0.15) is 5.56 Å². The van der Waals surface area contributed by atoms with E-state index < -0.39 is 11.7 Å². The zero-order valence-corrected chi connectivity index (χ0v) is 7.46. The van der Waals surface area contributed by atoms with Crippen LogP contribution in [0.4, 0.5) is 4.39 Å². The maximum absolute atomic E-state index is 13.2. The molecule has 0 unspecified atom stereocenters. The number of amidine groups is 1. The van der Waals surface area contributed by atoms with E-state index >= 15 is 0 Å². The highest BCUT2D eigenvalue weighted by Gasteiger charge is 2.11. The molecule has 0 amide bonds. The summed E-state index contributed by atoms with van der Waals surface area (Å²) in [7, 11) is 0. The summed E-state index contributed by atoms with van der Waals surface area (Å²) >= 11 is 0. The van der Waals surface area contributed by atoms with E-state index in [2.05, 4.69) is 0 Å². The van der Waals surface area contributed by atoms with Crippen LogP contribution in [0.3, 0.4) is 0 Å². The van der Waals surface area contributed by atoms with Gasteiger partial charge in [0.15, 0.2) is 0 Å². The molecular formula is C9H11FN2O2. The Kier molecular flexibility index (Phi) is 3.41. The van der Waals surface area contributed by atoms with Crippen molar-refractivity contribution in [2.75, 3.05) is 13.2 Å². The third kappa shape index (κ3) is 2.20. The minimum absolute atomic E-state index is 0.0454. The second-order valence-corrected chi connectivity index (χ2v) is 2.60. The third-order valence-electron chi connectivity index (χ3n) is 1.59. The van der Waals surface area contributed by atoms with Crippen LogP contribution < -0.4 is 10.5 Å². The van der Waals surface area contributed by atoms with Gasteiger partial charge in [0, 0.05) is 0 Å². The lowest BCUT2D eigenvalue weighted by Gasteiger charge is -2.09. The van der Waals surface area contributed by atoms with Gasteiger partial charge in [0.1, 0.15) is 24.0 Å². The summed E-state index contributed by atoms with van der Waals surface area (Å²) < 4.78 is 18.2. The summed E-state index contributed by atoms with van der Waals surface area (Å²) in [5.74, 6) is -0.824. The molecule has 5 heteroatoms. The van der Waals surface area contributed by atoms with Gasteiger partial charge in [-0.2, -0.15) is 0 Å². The molecule has 0 aliphatic rings. The Balaban J connectivity index is 3.02. The average molecular weight is 198 g/mol. The number of aliphatic hydroxyl groups is 1. The summed E-state index contributed by atoms with van der Waals surface area (Å²) in [4.78, 5) is 0. The van der Waals surface area contributed by atoms with Crippen LogP contribution in [0.25, 0.3) is 0 Å².